The maximum Gasteiger partial charge on any atom is 0.341 e. The van der Waals surface area contributed by atoms with Crippen molar-refractivity contribution < 1.29 is 32.7 Å². The zero-order valence-electron chi connectivity index (χ0n) is 19.6. The molecule has 1 aromatic carbocycles. The molecular formula is C23H21F3N6O5. The van der Waals surface area contributed by atoms with Gasteiger partial charge in [-0.05, 0) is 25.1 Å². The standard InChI is InChI=1S/C23H21F3N6O5/c1-3-37-29-17-10-31(8-13(17)20(27)30-36-2)22-16(26)7-12-19(33)14(23(34)35)9-32(21(12)28-22)18-5-4-11(24)6-15(18)25/h4-7,9,13H,3,8,10H2,1-2H3,(H2,27,30)(H,34,35)/b29-17+. The summed E-state index contributed by atoms with van der Waals surface area (Å²) in [7, 11) is 1.31. The second kappa shape index (κ2) is 10.2. The van der Waals surface area contributed by atoms with E-state index in [2.05, 4.69) is 15.3 Å². The van der Waals surface area contributed by atoms with Gasteiger partial charge in [-0.25, -0.2) is 22.9 Å². The van der Waals surface area contributed by atoms with Crippen molar-refractivity contribution in [1.29, 1.82) is 0 Å². The number of amidine groups is 1. The van der Waals surface area contributed by atoms with Crippen LogP contribution in [0.25, 0.3) is 16.7 Å². The van der Waals surface area contributed by atoms with E-state index in [1.54, 1.807) is 6.92 Å². The van der Waals surface area contributed by atoms with Crippen LogP contribution in [0.5, 0.6) is 0 Å². The van der Waals surface area contributed by atoms with E-state index in [1.807, 2.05) is 0 Å². The number of carboxylic acids is 1. The van der Waals surface area contributed by atoms with Crippen LogP contribution in [-0.2, 0) is 9.68 Å². The number of hydrogen-bond acceptors (Lipinski definition) is 8. The van der Waals surface area contributed by atoms with Gasteiger partial charge in [0.1, 0.15) is 36.8 Å². The van der Waals surface area contributed by atoms with Crippen LogP contribution < -0.4 is 16.1 Å². The molecule has 1 fully saturated rings. The highest BCUT2D eigenvalue weighted by Gasteiger charge is 2.35. The van der Waals surface area contributed by atoms with E-state index >= 15 is 4.39 Å². The summed E-state index contributed by atoms with van der Waals surface area (Å²) < 4.78 is 44.5. The summed E-state index contributed by atoms with van der Waals surface area (Å²) in [5, 5.41) is 16.8. The third-order valence-electron chi connectivity index (χ3n) is 5.63. The van der Waals surface area contributed by atoms with Gasteiger partial charge in [-0.2, -0.15) is 0 Å². The molecule has 0 aliphatic carbocycles. The topological polar surface area (TPSA) is 145 Å². The summed E-state index contributed by atoms with van der Waals surface area (Å²) in [6.07, 6.45) is 0.857. The van der Waals surface area contributed by atoms with Crippen molar-refractivity contribution in [2.75, 3.05) is 31.7 Å². The van der Waals surface area contributed by atoms with Crippen LogP contribution in [0.2, 0.25) is 0 Å². The summed E-state index contributed by atoms with van der Waals surface area (Å²) in [5.74, 6) is -5.29. The Balaban J connectivity index is 1.93. The number of fused-ring (bicyclic) bond motifs is 1. The molecule has 1 atom stereocenters. The van der Waals surface area contributed by atoms with Crippen molar-refractivity contribution in [3.63, 3.8) is 0 Å². The summed E-state index contributed by atoms with van der Waals surface area (Å²) in [5.41, 5.74) is 4.08. The number of anilines is 1. The number of halogens is 3. The highest BCUT2D eigenvalue weighted by Crippen LogP contribution is 2.28. The average molecular weight is 518 g/mol. The summed E-state index contributed by atoms with van der Waals surface area (Å²) >= 11 is 0. The van der Waals surface area contributed by atoms with E-state index in [9.17, 15) is 23.5 Å². The fourth-order valence-corrected chi connectivity index (χ4v) is 3.98. The Hall–Kier alpha value is -4.62. The van der Waals surface area contributed by atoms with E-state index in [1.165, 1.54) is 12.0 Å². The summed E-state index contributed by atoms with van der Waals surface area (Å²) in [6, 6.07) is 3.41. The van der Waals surface area contributed by atoms with Gasteiger partial charge in [-0.1, -0.05) is 10.3 Å². The minimum Gasteiger partial charge on any atom is -0.477 e. The molecule has 1 aliphatic rings. The third kappa shape index (κ3) is 4.77. The number of oxime groups is 2. The molecule has 0 saturated carbocycles. The molecular weight excluding hydrogens is 497 g/mol. The Kier molecular flexibility index (Phi) is 7.00. The smallest absolute Gasteiger partial charge is 0.341 e. The lowest BCUT2D eigenvalue weighted by atomic mass is 10.1. The minimum atomic E-state index is -1.61. The Morgan fingerprint density at radius 3 is 2.68 bits per heavy atom. The lowest BCUT2D eigenvalue weighted by Gasteiger charge is -2.19. The molecule has 2 aromatic heterocycles. The number of hydrogen-bond donors (Lipinski definition) is 2. The maximum atomic E-state index is 15.3. The predicted octanol–water partition coefficient (Wildman–Crippen LogP) is 2.25. The molecule has 0 bridgehead atoms. The SMILES string of the molecule is CCO/N=C1\CN(c2nc3c(cc2F)c(=O)c(C(=O)O)cn3-c2ccc(F)cc2F)CC1/C(N)=N\OC. The van der Waals surface area contributed by atoms with Crippen molar-refractivity contribution in [1.82, 2.24) is 9.55 Å². The van der Waals surface area contributed by atoms with Crippen molar-refractivity contribution in [2.45, 2.75) is 6.92 Å². The zero-order chi connectivity index (χ0) is 26.9. The van der Waals surface area contributed by atoms with Crippen LogP contribution in [0.4, 0.5) is 19.0 Å². The number of carbonyl (C=O) groups is 1. The Labute approximate surface area is 207 Å². The van der Waals surface area contributed by atoms with Gasteiger partial charge < -0.3 is 25.4 Å². The monoisotopic (exact) mass is 518 g/mol. The van der Waals surface area contributed by atoms with Crippen LogP contribution in [0.1, 0.15) is 17.3 Å². The highest BCUT2D eigenvalue weighted by atomic mass is 19.1. The van der Waals surface area contributed by atoms with Gasteiger partial charge in [-0.3, -0.25) is 9.36 Å². The van der Waals surface area contributed by atoms with Crippen molar-refractivity contribution >= 4 is 34.4 Å². The number of carboxylic acid groups (broad SMARTS) is 1. The van der Waals surface area contributed by atoms with Gasteiger partial charge in [0, 0.05) is 18.8 Å². The fourth-order valence-electron chi connectivity index (χ4n) is 3.98. The number of pyridine rings is 2. The largest absolute Gasteiger partial charge is 0.477 e. The molecule has 4 rings (SSSR count). The highest BCUT2D eigenvalue weighted by molar-refractivity contribution is 6.10. The molecule has 0 amide bonds. The first-order valence-electron chi connectivity index (χ1n) is 10.9. The lowest BCUT2D eigenvalue weighted by Crippen LogP contribution is -2.31. The van der Waals surface area contributed by atoms with E-state index in [-0.39, 0.29) is 42.7 Å². The second-order valence-corrected chi connectivity index (χ2v) is 7.94. The Morgan fingerprint density at radius 1 is 1.27 bits per heavy atom. The van der Waals surface area contributed by atoms with Crippen LogP contribution >= 0.6 is 0 Å². The number of aromatic nitrogens is 2. The first-order valence-corrected chi connectivity index (χ1v) is 10.9. The normalized spacial score (nSPS) is 17.0. The molecule has 194 valence electrons. The van der Waals surface area contributed by atoms with Gasteiger partial charge in [0.2, 0.25) is 5.43 Å². The molecule has 0 radical (unpaired) electrons. The lowest BCUT2D eigenvalue weighted by molar-refractivity contribution is 0.0695. The molecule has 1 unspecified atom stereocenters. The van der Waals surface area contributed by atoms with Gasteiger partial charge in [0.05, 0.1) is 29.2 Å². The molecule has 3 N–H and O–H groups in total. The quantitative estimate of drug-likeness (QED) is 0.275. The number of nitrogens with zero attached hydrogens (tertiary/aromatic N) is 5. The van der Waals surface area contributed by atoms with Gasteiger partial charge in [0.15, 0.2) is 17.3 Å². The van der Waals surface area contributed by atoms with Crippen molar-refractivity contribution in [2.24, 2.45) is 22.0 Å². The van der Waals surface area contributed by atoms with Crippen LogP contribution in [-0.4, -0.2) is 59.0 Å². The zero-order valence-corrected chi connectivity index (χ0v) is 19.6. The van der Waals surface area contributed by atoms with Crippen molar-refractivity contribution in [3.8, 4) is 5.69 Å². The van der Waals surface area contributed by atoms with E-state index < -0.39 is 45.7 Å². The second-order valence-electron chi connectivity index (χ2n) is 7.94. The van der Waals surface area contributed by atoms with Crippen LogP contribution in [0.15, 0.2) is 45.6 Å². The van der Waals surface area contributed by atoms with E-state index in [0.717, 1.165) is 29.0 Å². The molecule has 3 heterocycles. The molecule has 1 aliphatic heterocycles. The van der Waals surface area contributed by atoms with Gasteiger partial charge in [0.25, 0.3) is 0 Å². The van der Waals surface area contributed by atoms with E-state index in [4.69, 9.17) is 15.4 Å². The number of rotatable bonds is 7. The molecule has 1 saturated heterocycles. The molecule has 11 nitrogen and oxygen atoms in total. The van der Waals surface area contributed by atoms with Crippen LogP contribution in [0.3, 0.4) is 0 Å². The number of benzene rings is 1. The van der Waals surface area contributed by atoms with Crippen molar-refractivity contribution in [3.05, 3.63) is 63.7 Å². The minimum absolute atomic E-state index is 0.0162. The Bertz CT molecular complexity index is 1510. The average Bonchev–Trinajstić information content (AvgIpc) is 3.27. The Morgan fingerprint density at radius 2 is 2.03 bits per heavy atom. The third-order valence-corrected chi connectivity index (χ3v) is 5.63. The van der Waals surface area contributed by atoms with Gasteiger partial charge >= 0.3 is 5.97 Å². The maximum absolute atomic E-state index is 15.3. The predicted molar refractivity (Wildman–Crippen MR) is 128 cm³/mol. The first-order chi connectivity index (χ1) is 17.7. The molecule has 0 spiro atoms. The first kappa shape index (κ1) is 25.5. The van der Waals surface area contributed by atoms with Gasteiger partial charge in [-0.15, -0.1) is 0 Å². The summed E-state index contributed by atoms with van der Waals surface area (Å²) in [6.45, 7) is 2.06. The molecule has 3 aromatic rings. The van der Waals surface area contributed by atoms with Crippen LogP contribution in [0, 0.1) is 23.4 Å². The number of aromatic carboxylic acids is 1. The summed E-state index contributed by atoms with van der Waals surface area (Å²) in [4.78, 5) is 40.1. The fraction of sp³-hybridized carbons (Fsp3) is 0.261. The number of nitrogens with two attached hydrogens (primary N) is 1. The molecule has 37 heavy (non-hydrogen) atoms. The van der Waals surface area contributed by atoms with E-state index in [0.29, 0.717) is 11.8 Å². The molecule has 14 heteroatoms.